The van der Waals surface area contributed by atoms with Crippen LogP contribution in [0.4, 0.5) is 0 Å². The number of hydrogen-bond donors (Lipinski definition) is 1. The van der Waals surface area contributed by atoms with E-state index in [0.29, 0.717) is 5.76 Å². The van der Waals surface area contributed by atoms with Crippen LogP contribution in [0.2, 0.25) is 0 Å². The third kappa shape index (κ3) is 2.69. The van der Waals surface area contributed by atoms with Crippen LogP contribution in [-0.2, 0) is 6.42 Å². The van der Waals surface area contributed by atoms with Gasteiger partial charge in [-0.05, 0) is 31.5 Å². The molecule has 0 saturated carbocycles. The van der Waals surface area contributed by atoms with E-state index >= 15 is 0 Å². The predicted molar refractivity (Wildman–Crippen MR) is 66.2 cm³/mol. The summed E-state index contributed by atoms with van der Waals surface area (Å²) in [6.45, 7) is 7.46. The van der Waals surface area contributed by atoms with Crippen LogP contribution in [-0.4, -0.2) is 37.0 Å². The molecule has 0 aliphatic carbocycles. The van der Waals surface area contributed by atoms with Crippen molar-refractivity contribution in [3.8, 4) is 0 Å². The Bertz CT molecular complexity index is 390. The van der Waals surface area contributed by atoms with Crippen LogP contribution in [0.1, 0.15) is 35.2 Å². The number of carbonyl (C=O) groups is 1. The highest BCUT2D eigenvalue weighted by Gasteiger charge is 2.21. The lowest BCUT2D eigenvalue weighted by atomic mass is 10.2. The van der Waals surface area contributed by atoms with E-state index in [1.807, 2.05) is 24.8 Å². The Labute approximate surface area is 102 Å². The second-order valence-corrected chi connectivity index (χ2v) is 4.47. The van der Waals surface area contributed by atoms with Gasteiger partial charge in [-0.25, -0.2) is 0 Å². The Balaban J connectivity index is 2.11. The molecule has 0 spiro atoms. The van der Waals surface area contributed by atoms with Gasteiger partial charge in [0.15, 0.2) is 5.76 Å². The maximum Gasteiger partial charge on any atom is 0.289 e. The molecule has 4 heteroatoms. The number of rotatable bonds is 2. The van der Waals surface area contributed by atoms with Crippen LogP contribution in [0.3, 0.4) is 0 Å². The number of amides is 1. The molecule has 17 heavy (non-hydrogen) atoms. The van der Waals surface area contributed by atoms with Gasteiger partial charge in [-0.2, -0.15) is 0 Å². The maximum atomic E-state index is 12.2. The molecule has 0 unspecified atom stereocenters. The molecule has 1 aliphatic heterocycles. The number of furan rings is 1. The summed E-state index contributed by atoms with van der Waals surface area (Å²) in [4.78, 5) is 14.1. The van der Waals surface area contributed by atoms with Crippen molar-refractivity contribution in [1.29, 1.82) is 0 Å². The van der Waals surface area contributed by atoms with E-state index in [2.05, 4.69) is 5.32 Å². The standard InChI is InChI=1S/C13H20N2O2/c1-3-11-10(2)9-12(17-11)13(16)15-7-4-5-14-6-8-15/h9,14H,3-8H2,1-2H3. The minimum atomic E-state index is 0.0245. The lowest BCUT2D eigenvalue weighted by molar-refractivity contribution is 0.0732. The molecule has 1 fully saturated rings. The van der Waals surface area contributed by atoms with Crippen LogP contribution >= 0.6 is 0 Å². The zero-order valence-corrected chi connectivity index (χ0v) is 10.6. The molecule has 0 radical (unpaired) electrons. The molecule has 1 aliphatic rings. The fraction of sp³-hybridized carbons (Fsp3) is 0.615. The molecular weight excluding hydrogens is 216 g/mol. The first-order valence-corrected chi connectivity index (χ1v) is 6.31. The quantitative estimate of drug-likeness (QED) is 0.848. The van der Waals surface area contributed by atoms with Crippen molar-refractivity contribution in [3.05, 3.63) is 23.2 Å². The Kier molecular flexibility index (Phi) is 3.84. The summed E-state index contributed by atoms with van der Waals surface area (Å²) in [5.41, 5.74) is 1.07. The van der Waals surface area contributed by atoms with Crippen molar-refractivity contribution < 1.29 is 9.21 Å². The molecule has 0 aromatic carbocycles. The number of nitrogens with zero attached hydrogens (tertiary/aromatic N) is 1. The van der Waals surface area contributed by atoms with Crippen molar-refractivity contribution in [3.63, 3.8) is 0 Å². The molecule has 2 heterocycles. The molecule has 1 aromatic rings. The minimum absolute atomic E-state index is 0.0245. The highest BCUT2D eigenvalue weighted by Crippen LogP contribution is 2.17. The van der Waals surface area contributed by atoms with Crippen molar-refractivity contribution in [2.45, 2.75) is 26.7 Å². The van der Waals surface area contributed by atoms with Gasteiger partial charge in [0.05, 0.1) is 0 Å². The first-order valence-electron chi connectivity index (χ1n) is 6.31. The van der Waals surface area contributed by atoms with Crippen molar-refractivity contribution in [2.24, 2.45) is 0 Å². The summed E-state index contributed by atoms with van der Waals surface area (Å²) in [5, 5.41) is 3.29. The number of aryl methyl sites for hydroxylation is 2. The van der Waals surface area contributed by atoms with E-state index < -0.39 is 0 Å². The van der Waals surface area contributed by atoms with Crippen molar-refractivity contribution in [2.75, 3.05) is 26.2 Å². The van der Waals surface area contributed by atoms with Gasteiger partial charge in [0.2, 0.25) is 0 Å². The van der Waals surface area contributed by atoms with Crippen LogP contribution in [0.15, 0.2) is 10.5 Å². The van der Waals surface area contributed by atoms with Crippen LogP contribution in [0.25, 0.3) is 0 Å². The van der Waals surface area contributed by atoms with Gasteiger partial charge in [0.1, 0.15) is 5.76 Å². The predicted octanol–water partition coefficient (Wildman–Crippen LogP) is 1.59. The third-order valence-corrected chi connectivity index (χ3v) is 3.18. The number of nitrogens with one attached hydrogen (secondary N) is 1. The summed E-state index contributed by atoms with van der Waals surface area (Å²) in [6, 6.07) is 1.86. The van der Waals surface area contributed by atoms with Gasteiger partial charge in [0.25, 0.3) is 5.91 Å². The van der Waals surface area contributed by atoms with Gasteiger partial charge in [-0.15, -0.1) is 0 Å². The van der Waals surface area contributed by atoms with Crippen LogP contribution in [0.5, 0.6) is 0 Å². The fourth-order valence-corrected chi connectivity index (χ4v) is 2.18. The SMILES string of the molecule is CCc1oc(C(=O)N2CCCNCC2)cc1C. The summed E-state index contributed by atoms with van der Waals surface area (Å²) < 4.78 is 5.61. The molecule has 1 N–H and O–H groups in total. The van der Waals surface area contributed by atoms with Crippen LogP contribution in [0, 0.1) is 6.92 Å². The number of hydrogen-bond acceptors (Lipinski definition) is 3. The van der Waals surface area contributed by atoms with E-state index in [1.54, 1.807) is 0 Å². The van der Waals surface area contributed by atoms with Crippen molar-refractivity contribution in [1.82, 2.24) is 10.2 Å². The smallest absolute Gasteiger partial charge is 0.289 e. The molecule has 1 amide bonds. The molecule has 4 nitrogen and oxygen atoms in total. The molecular formula is C13H20N2O2. The van der Waals surface area contributed by atoms with Crippen molar-refractivity contribution >= 4 is 5.91 Å². The van der Waals surface area contributed by atoms with E-state index in [1.165, 1.54) is 0 Å². The first kappa shape index (κ1) is 12.2. The number of carbonyl (C=O) groups excluding carboxylic acids is 1. The topological polar surface area (TPSA) is 45.5 Å². The lowest BCUT2D eigenvalue weighted by Gasteiger charge is -2.18. The van der Waals surface area contributed by atoms with E-state index in [-0.39, 0.29) is 5.91 Å². The Morgan fingerprint density at radius 2 is 2.29 bits per heavy atom. The summed E-state index contributed by atoms with van der Waals surface area (Å²) in [7, 11) is 0. The molecule has 0 bridgehead atoms. The van der Waals surface area contributed by atoms with Gasteiger partial charge in [-0.1, -0.05) is 6.92 Å². The second kappa shape index (κ2) is 5.36. The first-order chi connectivity index (χ1) is 8.22. The molecule has 0 atom stereocenters. The van der Waals surface area contributed by atoms with Gasteiger partial charge in [0, 0.05) is 26.1 Å². The Hall–Kier alpha value is -1.29. The highest BCUT2D eigenvalue weighted by atomic mass is 16.4. The summed E-state index contributed by atoms with van der Waals surface area (Å²) in [6.07, 6.45) is 1.84. The highest BCUT2D eigenvalue weighted by molar-refractivity contribution is 5.91. The lowest BCUT2D eigenvalue weighted by Crippen LogP contribution is -2.33. The molecule has 2 rings (SSSR count). The second-order valence-electron chi connectivity index (χ2n) is 4.47. The third-order valence-electron chi connectivity index (χ3n) is 3.18. The zero-order valence-electron chi connectivity index (χ0n) is 10.6. The fourth-order valence-electron chi connectivity index (χ4n) is 2.18. The van der Waals surface area contributed by atoms with E-state index in [9.17, 15) is 4.79 Å². The monoisotopic (exact) mass is 236 g/mol. The van der Waals surface area contributed by atoms with Gasteiger partial charge in [-0.3, -0.25) is 4.79 Å². The summed E-state index contributed by atoms with van der Waals surface area (Å²) >= 11 is 0. The Morgan fingerprint density at radius 3 is 3.00 bits per heavy atom. The summed E-state index contributed by atoms with van der Waals surface area (Å²) in [5.74, 6) is 1.43. The van der Waals surface area contributed by atoms with E-state index in [0.717, 1.165) is 50.3 Å². The van der Waals surface area contributed by atoms with Gasteiger partial charge >= 0.3 is 0 Å². The average Bonchev–Trinajstić information content (AvgIpc) is 2.56. The molecule has 1 saturated heterocycles. The molecule has 1 aromatic heterocycles. The maximum absolute atomic E-state index is 12.2. The largest absolute Gasteiger partial charge is 0.456 e. The van der Waals surface area contributed by atoms with Gasteiger partial charge < -0.3 is 14.6 Å². The Morgan fingerprint density at radius 1 is 1.47 bits per heavy atom. The molecule has 94 valence electrons. The normalized spacial score (nSPS) is 16.9. The minimum Gasteiger partial charge on any atom is -0.456 e. The van der Waals surface area contributed by atoms with E-state index in [4.69, 9.17) is 4.42 Å². The zero-order chi connectivity index (χ0) is 12.3. The average molecular weight is 236 g/mol. The van der Waals surface area contributed by atoms with Crippen LogP contribution < -0.4 is 5.32 Å².